The van der Waals surface area contributed by atoms with E-state index in [9.17, 15) is 37.9 Å². The van der Waals surface area contributed by atoms with Gasteiger partial charge in [-0.2, -0.15) is 8.42 Å². The Hall–Kier alpha value is -2.13. The third kappa shape index (κ3) is 35.1. The molecule has 0 aromatic rings. The number of unbranched alkanes of at least 4 members (excludes halogenated alkanes) is 25. The van der Waals surface area contributed by atoms with Gasteiger partial charge in [-0.15, -0.1) is 0 Å². The Labute approximate surface area is 389 Å². The predicted octanol–water partition coefficient (Wildman–Crippen LogP) is 11.3. The van der Waals surface area contributed by atoms with Crippen molar-refractivity contribution in [3.05, 3.63) is 36.5 Å². The number of esters is 2. The second kappa shape index (κ2) is 41.1. The van der Waals surface area contributed by atoms with E-state index < -0.39 is 71.2 Å². The molecular weight excluding hydrogens is 837 g/mol. The average Bonchev–Trinajstić information content (AvgIpc) is 3.26. The van der Waals surface area contributed by atoms with Gasteiger partial charge < -0.3 is 34.3 Å². The first kappa shape index (κ1) is 59.9. The molecule has 1 fully saturated rings. The summed E-state index contributed by atoms with van der Waals surface area (Å²) in [4.78, 5) is 25.5. The van der Waals surface area contributed by atoms with E-state index in [1.165, 1.54) is 103 Å². The van der Waals surface area contributed by atoms with Gasteiger partial charge in [0.1, 0.15) is 36.8 Å². The third-order valence-electron chi connectivity index (χ3n) is 11.7. The minimum absolute atomic E-state index is 0.158. The van der Waals surface area contributed by atoms with Gasteiger partial charge in [0.15, 0.2) is 12.4 Å². The lowest BCUT2D eigenvalue weighted by atomic mass is 10.00. The number of aliphatic hydroxyl groups is 3. The summed E-state index contributed by atoms with van der Waals surface area (Å²) >= 11 is 0. The molecule has 0 aromatic carbocycles. The Morgan fingerprint density at radius 3 is 1.39 bits per heavy atom. The van der Waals surface area contributed by atoms with E-state index >= 15 is 0 Å². The second-order valence-corrected chi connectivity index (χ2v) is 19.3. The summed E-state index contributed by atoms with van der Waals surface area (Å²) in [6.07, 6.45) is 38.9. The molecule has 0 amide bonds. The number of aliphatic hydroxyl groups excluding tert-OH is 3. The molecule has 0 radical (unpaired) electrons. The first-order valence-electron chi connectivity index (χ1n) is 25.5. The van der Waals surface area contributed by atoms with Gasteiger partial charge in [-0.05, 0) is 70.6 Å². The van der Waals surface area contributed by atoms with Gasteiger partial charge in [0, 0.05) is 12.8 Å². The summed E-state index contributed by atoms with van der Waals surface area (Å²) < 4.78 is 54.2. The maximum Gasteiger partial charge on any atom is 0.306 e. The number of hydrogen-bond acceptors (Lipinski definition) is 11. The SMILES string of the molecule is CCCCCCC/C=C\C/C=C\CCCCCCCCCCCC(=O)OC(COC(=O)CCCCCCC/C=C\CCCCCCCC)COC1OC(CS(=O)(=O)O)C(O)C(O)C1O. The average molecular weight is 929 g/mol. The van der Waals surface area contributed by atoms with E-state index in [1.54, 1.807) is 0 Å². The zero-order valence-corrected chi connectivity index (χ0v) is 41.0. The van der Waals surface area contributed by atoms with Crippen molar-refractivity contribution in [2.24, 2.45) is 0 Å². The van der Waals surface area contributed by atoms with Crippen molar-refractivity contribution in [2.45, 2.75) is 256 Å². The lowest BCUT2D eigenvalue weighted by Gasteiger charge is -2.40. The normalized spacial score (nSPS) is 19.9. The number of carbonyl (C=O) groups is 2. The molecule has 0 aromatic heterocycles. The van der Waals surface area contributed by atoms with Crippen LogP contribution in [0.4, 0.5) is 0 Å². The molecule has 1 saturated heterocycles. The van der Waals surface area contributed by atoms with Crippen LogP contribution in [0.3, 0.4) is 0 Å². The topological polar surface area (TPSA) is 186 Å². The van der Waals surface area contributed by atoms with E-state index in [0.717, 1.165) is 77.0 Å². The summed E-state index contributed by atoms with van der Waals surface area (Å²) in [6, 6.07) is 0. The van der Waals surface area contributed by atoms with Crippen molar-refractivity contribution < 1.29 is 56.8 Å². The van der Waals surface area contributed by atoms with Crippen LogP contribution in [0.25, 0.3) is 0 Å². The maximum absolute atomic E-state index is 12.9. The molecule has 374 valence electrons. The summed E-state index contributed by atoms with van der Waals surface area (Å²) in [5.41, 5.74) is 0. The van der Waals surface area contributed by atoms with E-state index in [1.807, 2.05) is 0 Å². The molecule has 1 rings (SSSR count). The standard InChI is InChI=1S/C51H92O12S/c1-3-5-7-9-11-13-15-17-19-20-21-22-23-24-26-28-30-32-34-36-38-40-47(53)62-44(42-61-51-50(56)49(55)48(54)45(63-51)43-64(57,58)59)41-60-46(52)39-37-35-33-31-29-27-25-18-16-14-12-10-8-6-4-2/h15,17-18,20-21,25,44-45,48-51,54-56H,3-14,16,19,22-24,26-43H2,1-2H3,(H,57,58,59)/b17-15-,21-20-,25-18-. The van der Waals surface area contributed by atoms with Crippen LogP contribution >= 0.6 is 0 Å². The first-order chi connectivity index (χ1) is 31.0. The van der Waals surface area contributed by atoms with Crippen molar-refractivity contribution in [1.82, 2.24) is 0 Å². The van der Waals surface area contributed by atoms with Crippen LogP contribution < -0.4 is 0 Å². The van der Waals surface area contributed by atoms with E-state index in [4.69, 9.17) is 18.9 Å². The molecule has 0 aliphatic carbocycles. The lowest BCUT2D eigenvalue weighted by molar-refractivity contribution is -0.297. The van der Waals surface area contributed by atoms with Crippen LogP contribution in [-0.2, 0) is 38.7 Å². The maximum atomic E-state index is 12.9. The highest BCUT2D eigenvalue weighted by Gasteiger charge is 2.46. The first-order valence-corrected chi connectivity index (χ1v) is 27.2. The third-order valence-corrected chi connectivity index (χ3v) is 12.4. The molecule has 64 heavy (non-hydrogen) atoms. The van der Waals surface area contributed by atoms with Crippen molar-refractivity contribution in [1.29, 1.82) is 0 Å². The van der Waals surface area contributed by atoms with Gasteiger partial charge in [-0.1, -0.05) is 172 Å². The van der Waals surface area contributed by atoms with Crippen molar-refractivity contribution >= 4 is 22.1 Å². The van der Waals surface area contributed by atoms with Crippen molar-refractivity contribution in [3.63, 3.8) is 0 Å². The molecule has 12 nitrogen and oxygen atoms in total. The summed E-state index contributed by atoms with van der Waals surface area (Å²) in [5.74, 6) is -1.99. The number of rotatable bonds is 43. The molecule has 6 atom stereocenters. The molecule has 0 spiro atoms. The highest BCUT2D eigenvalue weighted by Crippen LogP contribution is 2.24. The lowest BCUT2D eigenvalue weighted by Crippen LogP contribution is -2.60. The van der Waals surface area contributed by atoms with Gasteiger partial charge in [0.2, 0.25) is 0 Å². The Kier molecular flexibility index (Phi) is 38.4. The van der Waals surface area contributed by atoms with Crippen molar-refractivity contribution in [2.75, 3.05) is 19.0 Å². The Morgan fingerprint density at radius 2 is 0.938 bits per heavy atom. The predicted molar refractivity (Wildman–Crippen MR) is 256 cm³/mol. The summed E-state index contributed by atoms with van der Waals surface area (Å²) in [7, 11) is -4.61. The van der Waals surface area contributed by atoms with Gasteiger partial charge >= 0.3 is 11.9 Å². The Bertz CT molecular complexity index is 1320. The second-order valence-electron chi connectivity index (χ2n) is 17.8. The highest BCUT2D eigenvalue weighted by molar-refractivity contribution is 7.85. The Morgan fingerprint density at radius 1 is 0.531 bits per heavy atom. The number of hydrogen-bond donors (Lipinski definition) is 4. The van der Waals surface area contributed by atoms with Crippen LogP contribution in [0.5, 0.6) is 0 Å². The largest absolute Gasteiger partial charge is 0.462 e. The molecule has 6 unspecified atom stereocenters. The van der Waals surface area contributed by atoms with Gasteiger partial charge in [-0.3, -0.25) is 14.1 Å². The summed E-state index contributed by atoms with van der Waals surface area (Å²) in [6.45, 7) is 3.76. The van der Waals surface area contributed by atoms with Crippen LogP contribution in [0, 0.1) is 0 Å². The smallest absolute Gasteiger partial charge is 0.306 e. The molecule has 4 N–H and O–H groups in total. The molecule has 1 aliphatic rings. The van der Waals surface area contributed by atoms with Gasteiger partial charge in [0.05, 0.1) is 6.61 Å². The minimum atomic E-state index is -4.61. The fourth-order valence-corrected chi connectivity index (χ4v) is 8.39. The van der Waals surface area contributed by atoms with Crippen LogP contribution in [0.2, 0.25) is 0 Å². The molecule has 1 heterocycles. The molecule has 0 saturated carbocycles. The summed E-state index contributed by atoms with van der Waals surface area (Å²) in [5, 5.41) is 31.0. The zero-order valence-electron chi connectivity index (χ0n) is 40.1. The Balaban J connectivity index is 2.38. The van der Waals surface area contributed by atoms with Crippen molar-refractivity contribution in [3.8, 4) is 0 Å². The van der Waals surface area contributed by atoms with Gasteiger partial charge in [0.25, 0.3) is 10.1 Å². The monoisotopic (exact) mass is 929 g/mol. The zero-order chi connectivity index (χ0) is 46.9. The van der Waals surface area contributed by atoms with E-state index in [0.29, 0.717) is 12.8 Å². The van der Waals surface area contributed by atoms with Crippen LogP contribution in [0.15, 0.2) is 36.5 Å². The number of ether oxygens (including phenoxy) is 4. The number of carbonyl (C=O) groups excluding carboxylic acids is 2. The minimum Gasteiger partial charge on any atom is -0.462 e. The van der Waals surface area contributed by atoms with Gasteiger partial charge in [-0.25, -0.2) is 0 Å². The quantitative estimate of drug-likeness (QED) is 0.0196. The molecule has 0 bridgehead atoms. The van der Waals surface area contributed by atoms with E-state index in [2.05, 4.69) is 50.3 Å². The molecule has 1 aliphatic heterocycles. The number of allylic oxidation sites excluding steroid dienone is 6. The highest BCUT2D eigenvalue weighted by atomic mass is 32.2. The van der Waals surface area contributed by atoms with E-state index in [-0.39, 0.29) is 19.4 Å². The molecular formula is C51H92O12S. The van der Waals surface area contributed by atoms with Crippen LogP contribution in [0.1, 0.15) is 219 Å². The molecule has 13 heteroatoms. The fourth-order valence-electron chi connectivity index (χ4n) is 7.70. The van der Waals surface area contributed by atoms with Crippen LogP contribution in [-0.4, -0.2) is 96.0 Å². The fraction of sp³-hybridized carbons (Fsp3) is 0.843.